The van der Waals surface area contributed by atoms with Crippen LogP contribution in [0.2, 0.25) is 5.02 Å². The summed E-state index contributed by atoms with van der Waals surface area (Å²) in [6.07, 6.45) is -0.309. The first-order valence-electron chi connectivity index (χ1n) is 10.8. The van der Waals surface area contributed by atoms with Gasteiger partial charge < -0.3 is 19.1 Å². The highest BCUT2D eigenvalue weighted by atomic mass is 35.5. The monoisotopic (exact) mass is 458 g/mol. The Morgan fingerprint density at radius 1 is 1.19 bits per heavy atom. The summed E-state index contributed by atoms with van der Waals surface area (Å²) in [6.45, 7) is 9.55. The number of aromatic nitrogens is 2. The second-order valence-electron chi connectivity index (χ2n) is 9.16. The molecule has 1 saturated heterocycles. The van der Waals surface area contributed by atoms with Crippen molar-refractivity contribution >= 4 is 34.7 Å². The van der Waals surface area contributed by atoms with E-state index >= 15 is 0 Å². The normalized spacial score (nSPS) is 17.1. The van der Waals surface area contributed by atoms with Crippen LogP contribution in [-0.4, -0.2) is 51.8 Å². The Balaban J connectivity index is 1.64. The van der Waals surface area contributed by atoms with Crippen molar-refractivity contribution in [2.75, 3.05) is 24.5 Å². The molecule has 1 aromatic heterocycles. The summed E-state index contributed by atoms with van der Waals surface area (Å²) in [4.78, 5) is 21.3. The summed E-state index contributed by atoms with van der Waals surface area (Å²) in [5.74, 6) is 0.394. The van der Waals surface area contributed by atoms with Crippen LogP contribution in [0.5, 0.6) is 0 Å². The molecule has 4 rings (SSSR count). The number of carbonyl (C=O) groups excluding carboxylic acids is 1. The Kier molecular flexibility index (Phi) is 6.03. The minimum absolute atomic E-state index is 0.0658. The largest absolute Gasteiger partial charge is 0.444 e. The van der Waals surface area contributed by atoms with E-state index in [9.17, 15) is 9.18 Å². The van der Waals surface area contributed by atoms with Crippen molar-refractivity contribution in [3.63, 3.8) is 0 Å². The second-order valence-corrected chi connectivity index (χ2v) is 9.56. The van der Waals surface area contributed by atoms with E-state index in [1.165, 1.54) is 6.07 Å². The maximum absolute atomic E-state index is 14.6. The molecule has 0 radical (unpaired) electrons. The highest BCUT2D eigenvalue weighted by Gasteiger charge is 2.32. The Morgan fingerprint density at radius 3 is 2.62 bits per heavy atom. The van der Waals surface area contributed by atoms with Crippen molar-refractivity contribution < 1.29 is 13.9 Å². The second kappa shape index (κ2) is 8.62. The van der Waals surface area contributed by atoms with Gasteiger partial charge in [0.05, 0.1) is 17.6 Å². The zero-order valence-electron chi connectivity index (χ0n) is 18.8. The first-order chi connectivity index (χ1) is 15.1. The number of imidazole rings is 1. The molecule has 3 aromatic rings. The number of nitrogens with zero attached hydrogens (tertiary/aromatic N) is 4. The van der Waals surface area contributed by atoms with Gasteiger partial charge in [0.15, 0.2) is 0 Å². The molecule has 0 spiro atoms. The van der Waals surface area contributed by atoms with Gasteiger partial charge in [-0.15, -0.1) is 0 Å². The zero-order chi connectivity index (χ0) is 23.0. The van der Waals surface area contributed by atoms with Crippen LogP contribution in [0, 0.1) is 5.82 Å². The van der Waals surface area contributed by atoms with Gasteiger partial charge in [-0.25, -0.2) is 14.2 Å². The summed E-state index contributed by atoms with van der Waals surface area (Å²) in [5, 5.41) is 0.386. The molecule has 1 atom stereocenters. The topological polar surface area (TPSA) is 50.6 Å². The molecule has 0 aliphatic carbocycles. The van der Waals surface area contributed by atoms with Gasteiger partial charge in [0.2, 0.25) is 5.95 Å². The SMILES string of the molecule is C[C@H]1CN(c2nc3ccccc3n2Cc2c(F)cccc2Cl)CCN1C(=O)OC(C)(C)C. The van der Waals surface area contributed by atoms with Gasteiger partial charge in [0, 0.05) is 36.3 Å². The predicted octanol–water partition coefficient (Wildman–Crippen LogP) is 5.32. The Morgan fingerprint density at radius 2 is 1.94 bits per heavy atom. The number of carbonyl (C=O) groups is 1. The van der Waals surface area contributed by atoms with Crippen LogP contribution < -0.4 is 4.90 Å². The molecule has 1 amide bonds. The number of rotatable bonds is 3. The predicted molar refractivity (Wildman–Crippen MR) is 125 cm³/mol. The lowest BCUT2D eigenvalue weighted by molar-refractivity contribution is 0.0158. The summed E-state index contributed by atoms with van der Waals surface area (Å²) < 4.78 is 22.1. The number of piperazine rings is 1. The van der Waals surface area contributed by atoms with Crippen molar-refractivity contribution in [3.8, 4) is 0 Å². The molecule has 2 aromatic carbocycles. The Labute approximate surface area is 192 Å². The molecule has 0 saturated carbocycles. The first-order valence-corrected chi connectivity index (χ1v) is 11.1. The number of hydrogen-bond donors (Lipinski definition) is 0. The van der Waals surface area contributed by atoms with E-state index in [4.69, 9.17) is 21.3 Å². The molecule has 1 aliphatic heterocycles. The molecule has 1 fully saturated rings. The molecule has 0 N–H and O–H groups in total. The van der Waals surface area contributed by atoms with Gasteiger partial charge in [0.1, 0.15) is 11.4 Å². The molecule has 170 valence electrons. The Bertz CT molecular complexity index is 1120. The van der Waals surface area contributed by atoms with Gasteiger partial charge in [-0.1, -0.05) is 29.8 Å². The minimum atomic E-state index is -0.541. The number of para-hydroxylation sites is 2. The summed E-state index contributed by atoms with van der Waals surface area (Å²) >= 11 is 6.32. The summed E-state index contributed by atoms with van der Waals surface area (Å²) in [6, 6.07) is 12.4. The number of hydrogen-bond acceptors (Lipinski definition) is 4. The highest BCUT2D eigenvalue weighted by molar-refractivity contribution is 6.31. The van der Waals surface area contributed by atoms with Crippen LogP contribution >= 0.6 is 11.6 Å². The van der Waals surface area contributed by atoms with Gasteiger partial charge in [0.25, 0.3) is 0 Å². The van der Waals surface area contributed by atoms with E-state index in [-0.39, 0.29) is 24.5 Å². The smallest absolute Gasteiger partial charge is 0.410 e. The van der Waals surface area contributed by atoms with Crippen LogP contribution in [0.3, 0.4) is 0 Å². The van der Waals surface area contributed by atoms with Crippen molar-refractivity contribution in [2.45, 2.75) is 45.9 Å². The highest BCUT2D eigenvalue weighted by Crippen LogP contribution is 2.29. The molecule has 2 heterocycles. The van der Waals surface area contributed by atoms with Crippen molar-refractivity contribution in [1.29, 1.82) is 0 Å². The first kappa shape index (κ1) is 22.4. The summed E-state index contributed by atoms with van der Waals surface area (Å²) in [5.41, 5.74) is 1.63. The molecular weight excluding hydrogens is 431 g/mol. The third kappa shape index (κ3) is 4.53. The van der Waals surface area contributed by atoms with Crippen LogP contribution in [0.15, 0.2) is 42.5 Å². The van der Waals surface area contributed by atoms with E-state index in [0.717, 1.165) is 17.0 Å². The Hall–Kier alpha value is -2.80. The average molecular weight is 459 g/mol. The standard InChI is InChI=1S/C24H28ClFN4O2/c1-16-14-28(12-13-29(16)23(31)32-24(2,3)4)22-27-20-10-5-6-11-21(20)30(22)15-17-18(25)8-7-9-19(17)26/h5-11,16H,12-15H2,1-4H3/t16-/m0/s1. The number of benzene rings is 2. The molecule has 6 nitrogen and oxygen atoms in total. The van der Waals surface area contributed by atoms with Gasteiger partial charge in [-0.05, 0) is 52.0 Å². The molecule has 0 bridgehead atoms. The van der Waals surface area contributed by atoms with E-state index in [1.807, 2.05) is 56.5 Å². The fourth-order valence-electron chi connectivity index (χ4n) is 4.03. The zero-order valence-corrected chi connectivity index (χ0v) is 19.6. The van der Waals surface area contributed by atoms with E-state index in [1.54, 1.807) is 17.0 Å². The number of halogens is 2. The van der Waals surface area contributed by atoms with Gasteiger partial charge in [-0.3, -0.25) is 0 Å². The van der Waals surface area contributed by atoms with E-state index in [0.29, 0.717) is 30.2 Å². The molecular formula is C24H28ClFN4O2. The van der Waals surface area contributed by atoms with E-state index < -0.39 is 5.60 Å². The molecule has 32 heavy (non-hydrogen) atoms. The average Bonchev–Trinajstić information content (AvgIpc) is 3.08. The lowest BCUT2D eigenvalue weighted by Gasteiger charge is -2.40. The van der Waals surface area contributed by atoms with Gasteiger partial charge >= 0.3 is 6.09 Å². The number of anilines is 1. The number of fused-ring (bicyclic) bond motifs is 1. The fraction of sp³-hybridized carbons (Fsp3) is 0.417. The van der Waals surface area contributed by atoms with E-state index in [2.05, 4.69) is 4.90 Å². The van der Waals surface area contributed by atoms with Crippen molar-refractivity contribution in [3.05, 3.63) is 58.9 Å². The summed E-state index contributed by atoms with van der Waals surface area (Å²) in [7, 11) is 0. The van der Waals surface area contributed by atoms with Crippen molar-refractivity contribution in [2.24, 2.45) is 0 Å². The number of ether oxygens (including phenoxy) is 1. The third-order valence-corrected chi connectivity index (χ3v) is 5.90. The van der Waals surface area contributed by atoms with Crippen molar-refractivity contribution in [1.82, 2.24) is 14.5 Å². The van der Waals surface area contributed by atoms with Crippen LogP contribution in [0.1, 0.15) is 33.3 Å². The maximum atomic E-state index is 14.6. The molecule has 1 aliphatic rings. The molecule has 0 unspecified atom stereocenters. The maximum Gasteiger partial charge on any atom is 0.410 e. The quantitative estimate of drug-likeness (QED) is 0.532. The molecule has 8 heteroatoms. The van der Waals surface area contributed by atoms with Crippen LogP contribution in [-0.2, 0) is 11.3 Å². The lowest BCUT2D eigenvalue weighted by atomic mass is 10.2. The third-order valence-electron chi connectivity index (χ3n) is 5.55. The number of amides is 1. The lowest BCUT2D eigenvalue weighted by Crippen LogP contribution is -2.55. The van der Waals surface area contributed by atoms with Crippen LogP contribution in [0.25, 0.3) is 11.0 Å². The van der Waals surface area contributed by atoms with Crippen LogP contribution in [0.4, 0.5) is 15.1 Å². The minimum Gasteiger partial charge on any atom is -0.444 e. The van der Waals surface area contributed by atoms with Gasteiger partial charge in [-0.2, -0.15) is 0 Å². The fourth-order valence-corrected chi connectivity index (χ4v) is 4.26.